The molecule has 1 saturated heterocycles. The summed E-state index contributed by atoms with van der Waals surface area (Å²) in [6.07, 6.45) is 3.52. The maximum absolute atomic E-state index is 12.8. The first-order valence-corrected chi connectivity index (χ1v) is 8.97. The number of hydrogen-bond acceptors (Lipinski definition) is 2. The van der Waals surface area contributed by atoms with Crippen LogP contribution in [0.25, 0.3) is 0 Å². The van der Waals surface area contributed by atoms with Crippen LogP contribution in [0.4, 0.5) is 0 Å². The molecule has 0 aromatic heterocycles. The summed E-state index contributed by atoms with van der Waals surface area (Å²) in [6.45, 7) is 2.87. The van der Waals surface area contributed by atoms with Crippen molar-refractivity contribution in [1.82, 2.24) is 4.90 Å². The molecule has 1 saturated carbocycles. The Balaban J connectivity index is 1.68. The Bertz CT molecular complexity index is 631. The Morgan fingerprint density at radius 2 is 2.00 bits per heavy atom. The van der Waals surface area contributed by atoms with E-state index in [1.54, 1.807) is 6.07 Å². The predicted octanol–water partition coefficient (Wildman–Crippen LogP) is 4.14. The Labute approximate surface area is 146 Å². The first-order chi connectivity index (χ1) is 11.0. The second kappa shape index (κ2) is 6.82. The molecule has 3 atom stereocenters. The van der Waals surface area contributed by atoms with Crippen molar-refractivity contribution < 1.29 is 9.59 Å². The van der Waals surface area contributed by atoms with Gasteiger partial charge in [-0.3, -0.25) is 9.59 Å². The van der Waals surface area contributed by atoms with Gasteiger partial charge in [-0.1, -0.05) is 36.2 Å². The Morgan fingerprint density at radius 3 is 2.70 bits per heavy atom. The molecule has 0 spiro atoms. The molecule has 1 aromatic carbocycles. The summed E-state index contributed by atoms with van der Waals surface area (Å²) in [4.78, 5) is 26.3. The largest absolute Gasteiger partial charge is 0.339 e. The summed E-state index contributed by atoms with van der Waals surface area (Å²) >= 11 is 12.2. The van der Waals surface area contributed by atoms with Crippen molar-refractivity contribution in [3.63, 3.8) is 0 Å². The molecule has 23 heavy (non-hydrogen) atoms. The SMILES string of the molecule is C[C@H]1CC(=O)CC[C@H]1N1CCC(Cc2ccc(Cl)cc2Cl)C1=O. The zero-order valence-electron chi connectivity index (χ0n) is 13.2. The van der Waals surface area contributed by atoms with E-state index in [0.29, 0.717) is 35.1 Å². The molecule has 0 N–H and O–H groups in total. The van der Waals surface area contributed by atoms with Gasteiger partial charge >= 0.3 is 0 Å². The Kier molecular flexibility index (Phi) is 4.98. The van der Waals surface area contributed by atoms with Gasteiger partial charge in [-0.2, -0.15) is 0 Å². The summed E-state index contributed by atoms with van der Waals surface area (Å²) in [5.41, 5.74) is 0.975. The average molecular weight is 354 g/mol. The normalized spacial score (nSPS) is 28.5. The third-order valence-corrected chi connectivity index (χ3v) is 5.74. The van der Waals surface area contributed by atoms with Gasteiger partial charge in [0.05, 0.1) is 0 Å². The fourth-order valence-electron chi connectivity index (χ4n) is 3.89. The lowest BCUT2D eigenvalue weighted by Gasteiger charge is -2.35. The average Bonchev–Trinajstić information content (AvgIpc) is 2.83. The molecule has 1 aromatic rings. The number of benzene rings is 1. The molecule has 1 heterocycles. The smallest absolute Gasteiger partial charge is 0.226 e. The van der Waals surface area contributed by atoms with Crippen molar-refractivity contribution in [1.29, 1.82) is 0 Å². The second-order valence-corrected chi connectivity index (χ2v) is 7.63. The lowest BCUT2D eigenvalue weighted by molar-refractivity contribution is -0.136. The number of amides is 1. The molecule has 0 radical (unpaired) electrons. The molecule has 0 bridgehead atoms. The molecule has 3 rings (SSSR count). The van der Waals surface area contributed by atoms with Gasteiger partial charge < -0.3 is 4.90 Å². The van der Waals surface area contributed by atoms with Gasteiger partial charge in [0.1, 0.15) is 5.78 Å². The van der Waals surface area contributed by atoms with Gasteiger partial charge in [0.25, 0.3) is 0 Å². The first kappa shape index (κ1) is 16.8. The minimum atomic E-state index is -0.0153. The van der Waals surface area contributed by atoms with E-state index in [1.165, 1.54) is 0 Å². The summed E-state index contributed by atoms with van der Waals surface area (Å²) in [6, 6.07) is 5.66. The second-order valence-electron chi connectivity index (χ2n) is 6.78. The molecule has 1 unspecified atom stereocenters. The van der Waals surface area contributed by atoms with Crippen molar-refractivity contribution >= 4 is 34.9 Å². The standard InChI is InChI=1S/C18H21Cl2NO2/c1-11-8-15(22)4-5-17(11)21-7-6-13(18(21)23)9-12-2-3-14(19)10-16(12)20/h2-3,10-11,13,17H,4-9H2,1H3/t11-,13?,17+/m0/s1. The molecular weight excluding hydrogens is 333 g/mol. The van der Waals surface area contributed by atoms with Crippen LogP contribution in [0.3, 0.4) is 0 Å². The summed E-state index contributed by atoms with van der Waals surface area (Å²) in [5.74, 6) is 0.781. The zero-order chi connectivity index (χ0) is 16.6. The van der Waals surface area contributed by atoms with Crippen LogP contribution in [0.1, 0.15) is 38.2 Å². The van der Waals surface area contributed by atoms with Crippen LogP contribution >= 0.6 is 23.2 Å². The fraction of sp³-hybridized carbons (Fsp3) is 0.556. The van der Waals surface area contributed by atoms with Crippen molar-refractivity contribution in [2.45, 2.75) is 45.1 Å². The molecule has 1 amide bonds. The highest BCUT2D eigenvalue weighted by molar-refractivity contribution is 6.35. The number of hydrogen-bond donors (Lipinski definition) is 0. The molecule has 3 nitrogen and oxygen atoms in total. The highest BCUT2D eigenvalue weighted by Gasteiger charge is 2.39. The monoisotopic (exact) mass is 353 g/mol. The molecule has 1 aliphatic heterocycles. The molecule has 2 fully saturated rings. The minimum Gasteiger partial charge on any atom is -0.339 e. The van der Waals surface area contributed by atoms with Crippen LogP contribution in [-0.4, -0.2) is 29.2 Å². The molecule has 2 aliphatic rings. The van der Waals surface area contributed by atoms with E-state index >= 15 is 0 Å². The maximum Gasteiger partial charge on any atom is 0.226 e. The highest BCUT2D eigenvalue weighted by Crippen LogP contribution is 2.33. The van der Waals surface area contributed by atoms with Gasteiger partial charge in [-0.05, 0) is 42.9 Å². The number of nitrogens with zero attached hydrogens (tertiary/aromatic N) is 1. The fourth-order valence-corrected chi connectivity index (χ4v) is 4.37. The van der Waals surface area contributed by atoms with E-state index in [0.717, 1.165) is 24.9 Å². The molecule has 1 aliphatic carbocycles. The summed E-state index contributed by atoms with van der Waals surface area (Å²) in [5, 5.41) is 1.24. The van der Waals surface area contributed by atoms with Gasteiger partial charge in [0.2, 0.25) is 5.91 Å². The van der Waals surface area contributed by atoms with Gasteiger partial charge in [0, 0.05) is 41.4 Å². The number of ketones is 1. The van der Waals surface area contributed by atoms with Crippen molar-refractivity contribution in [2.24, 2.45) is 11.8 Å². The van der Waals surface area contributed by atoms with E-state index in [-0.39, 0.29) is 23.8 Å². The third-order valence-electron chi connectivity index (χ3n) is 5.16. The van der Waals surface area contributed by atoms with Crippen LogP contribution in [0.2, 0.25) is 10.0 Å². The van der Waals surface area contributed by atoms with Crippen molar-refractivity contribution in [3.05, 3.63) is 33.8 Å². The number of halogens is 2. The van der Waals surface area contributed by atoms with Crippen LogP contribution in [0.5, 0.6) is 0 Å². The van der Waals surface area contributed by atoms with E-state index in [4.69, 9.17) is 23.2 Å². The quantitative estimate of drug-likeness (QED) is 0.818. The Morgan fingerprint density at radius 1 is 1.22 bits per heavy atom. The van der Waals surface area contributed by atoms with Crippen LogP contribution < -0.4 is 0 Å². The number of Topliss-reactive ketones (excluding diaryl/α,β-unsaturated/α-hetero) is 1. The number of carbonyl (C=O) groups excluding carboxylic acids is 2. The van der Waals surface area contributed by atoms with Gasteiger partial charge in [-0.15, -0.1) is 0 Å². The van der Waals surface area contributed by atoms with Crippen molar-refractivity contribution in [3.8, 4) is 0 Å². The highest BCUT2D eigenvalue weighted by atomic mass is 35.5. The van der Waals surface area contributed by atoms with E-state index in [9.17, 15) is 9.59 Å². The maximum atomic E-state index is 12.8. The van der Waals surface area contributed by atoms with E-state index in [2.05, 4.69) is 6.92 Å². The van der Waals surface area contributed by atoms with Gasteiger partial charge in [-0.25, -0.2) is 0 Å². The van der Waals surface area contributed by atoms with Gasteiger partial charge in [0.15, 0.2) is 0 Å². The molecule has 124 valence electrons. The third kappa shape index (κ3) is 3.56. The van der Waals surface area contributed by atoms with Crippen LogP contribution in [0.15, 0.2) is 18.2 Å². The topological polar surface area (TPSA) is 37.4 Å². The molecule has 5 heteroatoms. The zero-order valence-corrected chi connectivity index (χ0v) is 14.7. The van der Waals surface area contributed by atoms with Crippen molar-refractivity contribution in [2.75, 3.05) is 6.54 Å². The Hall–Kier alpha value is -1.06. The number of likely N-dealkylation sites (tertiary alicyclic amines) is 1. The molecular formula is C18H21Cl2NO2. The van der Waals surface area contributed by atoms with Crippen LogP contribution in [-0.2, 0) is 16.0 Å². The van der Waals surface area contributed by atoms with E-state index < -0.39 is 0 Å². The lowest BCUT2D eigenvalue weighted by atomic mass is 9.84. The minimum absolute atomic E-state index is 0.0153. The number of rotatable bonds is 3. The summed E-state index contributed by atoms with van der Waals surface area (Å²) in [7, 11) is 0. The predicted molar refractivity (Wildman–Crippen MR) is 91.8 cm³/mol. The van der Waals surface area contributed by atoms with E-state index in [1.807, 2.05) is 17.0 Å². The number of carbonyl (C=O) groups is 2. The lowest BCUT2D eigenvalue weighted by Crippen LogP contribution is -2.44. The first-order valence-electron chi connectivity index (χ1n) is 8.22. The summed E-state index contributed by atoms with van der Waals surface area (Å²) < 4.78 is 0. The van der Waals surface area contributed by atoms with Crippen LogP contribution in [0, 0.1) is 11.8 Å².